The molecule has 130 heavy (non-hydrogen) atoms. The number of nitrogens with one attached hydrogen (secondary N) is 16. The Morgan fingerprint density at radius 1 is 0.515 bits per heavy atom. The lowest BCUT2D eigenvalue weighted by Crippen LogP contribution is -2.61. The Morgan fingerprint density at radius 3 is 1.62 bits per heavy atom. The van der Waals surface area contributed by atoms with Crippen LogP contribution in [0.5, 0.6) is 0 Å². The van der Waals surface area contributed by atoms with Crippen LogP contribution in [0.15, 0.2) is 104 Å². The Kier molecular flexibility index (Phi) is 40.6. The Morgan fingerprint density at radius 2 is 1.03 bits per heavy atom. The van der Waals surface area contributed by atoms with Crippen LogP contribution >= 0.6 is 11.8 Å². The molecule has 43 heteroatoms. The summed E-state index contributed by atoms with van der Waals surface area (Å²) in [6, 6.07) is 2.47. The topological polar surface area (TPSA) is 630 Å². The van der Waals surface area contributed by atoms with Crippen molar-refractivity contribution in [3.05, 3.63) is 126 Å². The molecule has 1 fully saturated rings. The molecule has 13 atom stereocenters. The normalized spacial score (nSPS) is 23.2. The fraction of sp³-hybridized carbons (Fsp3) is 0.506. The summed E-state index contributed by atoms with van der Waals surface area (Å²) in [6.07, 6.45) is 5.60. The van der Waals surface area contributed by atoms with Gasteiger partial charge in [-0.1, -0.05) is 120 Å². The highest BCUT2D eigenvalue weighted by molar-refractivity contribution is 8.00. The summed E-state index contributed by atoms with van der Waals surface area (Å²) >= 11 is 0.787. The van der Waals surface area contributed by atoms with Gasteiger partial charge < -0.3 is 121 Å². The van der Waals surface area contributed by atoms with E-state index in [-0.39, 0.29) is 70.3 Å². The smallest absolute Gasteiger partial charge is 0.245 e. The summed E-state index contributed by atoms with van der Waals surface area (Å²) in [7, 11) is 5.20. The molecule has 6 aromatic rings. The number of likely N-dealkylation sites (N-methyl/N-ethyl adjacent to an activating group) is 4. The molecule has 0 bridgehead atoms. The van der Waals surface area contributed by atoms with Crippen LogP contribution in [0.2, 0.25) is 0 Å². The van der Waals surface area contributed by atoms with Crippen molar-refractivity contribution in [2.45, 2.75) is 210 Å². The predicted molar refractivity (Wildman–Crippen MR) is 482 cm³/mol. The SMILES string of the molecule is CCCC[C@H]1C(=O)N(C)[C@@H](CCCC)C(=O)N[C@@H](CCCNC(=N)N)C(=O)N[C@H](C(=O)NCC(N)=O)CSCC(=O)N[C@@H](Cc2ccccc2)C(=O)N(C)[C@@H](C)C(=O)N[C@@H](CC(N)=O)C(=O)N[C@@H](C)C(=O)N[C@@H](Cc2cnc[nH]2)C(=O)N[C@@H](CC(C)C)C(=O)N(C)CC(=O)N[C@@H](Cc2c[nH]c3ccccc23)C(=O)N[C@@H](CO)C(=O)N[C@@H](Cc2c[nH]c3ccccc23)C(=O)N1C. The Balaban J connectivity index is 1.29. The van der Waals surface area contributed by atoms with E-state index < -0.39 is 223 Å². The Bertz CT molecular complexity index is 4950. The van der Waals surface area contributed by atoms with E-state index in [4.69, 9.17) is 22.6 Å². The number of benzene rings is 3. The van der Waals surface area contributed by atoms with Crippen molar-refractivity contribution in [1.29, 1.82) is 5.41 Å². The highest BCUT2D eigenvalue weighted by Crippen LogP contribution is 2.25. The van der Waals surface area contributed by atoms with Gasteiger partial charge in [0.1, 0.15) is 78.5 Å². The van der Waals surface area contributed by atoms with Crippen molar-refractivity contribution in [2.75, 3.05) is 65.9 Å². The van der Waals surface area contributed by atoms with Gasteiger partial charge in [-0.25, -0.2) is 4.98 Å². The average molecular weight is 1830 g/mol. The summed E-state index contributed by atoms with van der Waals surface area (Å²) in [5.74, 6) is -17.6. The van der Waals surface area contributed by atoms with Crippen molar-refractivity contribution in [3.8, 4) is 0 Å². The fourth-order valence-corrected chi connectivity index (χ4v) is 15.6. The number of guanidine groups is 1. The highest BCUT2D eigenvalue weighted by Gasteiger charge is 2.42. The van der Waals surface area contributed by atoms with Crippen LogP contribution in [0, 0.1) is 11.3 Å². The summed E-state index contributed by atoms with van der Waals surface area (Å²) in [5.41, 5.74) is 19.9. The first-order valence-electron chi connectivity index (χ1n) is 43.1. The number of rotatable bonds is 26. The van der Waals surface area contributed by atoms with Crippen molar-refractivity contribution < 1.29 is 86.6 Å². The van der Waals surface area contributed by atoms with Gasteiger partial charge in [-0.15, -0.1) is 11.8 Å². The number of carbonyl (C=O) groups is 17. The number of hydrogen-bond acceptors (Lipinski definition) is 21. The number of H-pyrrole nitrogens is 3. The van der Waals surface area contributed by atoms with E-state index in [1.807, 2.05) is 13.8 Å². The minimum atomic E-state index is -1.85. The maximum Gasteiger partial charge on any atom is 0.245 e. The molecule has 0 aliphatic carbocycles. The average Bonchev–Trinajstić information content (AvgIpc) is 1.65. The molecule has 4 heterocycles. The van der Waals surface area contributed by atoms with E-state index in [2.05, 4.69) is 83.7 Å². The van der Waals surface area contributed by atoms with E-state index in [1.165, 1.54) is 54.6 Å². The fourth-order valence-electron chi connectivity index (χ4n) is 14.7. The lowest BCUT2D eigenvalue weighted by atomic mass is 10.00. The number of carbonyl (C=O) groups excluding carboxylic acids is 17. The number of fused-ring (bicyclic) bond motifs is 2. The zero-order valence-corrected chi connectivity index (χ0v) is 75.6. The number of nitrogens with two attached hydrogens (primary N) is 3. The van der Waals surface area contributed by atoms with Crippen LogP contribution in [0.25, 0.3) is 21.8 Å². The molecule has 7 rings (SSSR count). The number of thioether (sulfide) groups is 1. The number of imidazole rings is 1. The number of hydrogen-bond donors (Lipinski definition) is 20. The van der Waals surface area contributed by atoms with E-state index in [0.717, 1.165) is 31.4 Å². The molecule has 0 radical (unpaired) electrons. The van der Waals surface area contributed by atoms with Crippen LogP contribution in [-0.4, -0.2) is 296 Å². The molecule has 42 nitrogen and oxygen atoms in total. The summed E-state index contributed by atoms with van der Waals surface area (Å²) in [4.78, 5) is 264. The van der Waals surface area contributed by atoms with Gasteiger partial charge in [-0.3, -0.25) is 86.9 Å². The van der Waals surface area contributed by atoms with Crippen LogP contribution in [-0.2, 0) is 107 Å². The molecule has 1 aliphatic rings. The summed E-state index contributed by atoms with van der Waals surface area (Å²) in [5, 5.41) is 51.4. The number of nitrogens with zero attached hydrogens (tertiary/aromatic N) is 5. The molecule has 0 unspecified atom stereocenters. The van der Waals surface area contributed by atoms with Gasteiger partial charge >= 0.3 is 0 Å². The lowest BCUT2D eigenvalue weighted by molar-refractivity contribution is -0.149. The third-order valence-corrected chi connectivity index (χ3v) is 23.1. The molecule has 0 spiro atoms. The Hall–Kier alpha value is -13.5. The van der Waals surface area contributed by atoms with Gasteiger partial charge in [0.15, 0.2) is 5.96 Å². The number of aliphatic hydroxyl groups excluding tert-OH is 1. The lowest BCUT2D eigenvalue weighted by Gasteiger charge is -2.36. The van der Waals surface area contributed by atoms with Gasteiger partial charge in [0.05, 0.1) is 38.2 Å². The number of amides is 17. The van der Waals surface area contributed by atoms with E-state index >= 15 is 24.0 Å². The molecule has 3 aromatic carbocycles. The van der Waals surface area contributed by atoms with Crippen molar-refractivity contribution in [3.63, 3.8) is 0 Å². The van der Waals surface area contributed by atoms with Crippen molar-refractivity contribution in [1.82, 2.24) is 103 Å². The summed E-state index contributed by atoms with van der Waals surface area (Å²) < 4.78 is 0. The number of primary amides is 2. The van der Waals surface area contributed by atoms with Crippen LogP contribution < -0.4 is 81.0 Å². The highest BCUT2D eigenvalue weighted by atomic mass is 32.2. The molecule has 17 amide bonds. The molecule has 1 aliphatic heterocycles. The third-order valence-electron chi connectivity index (χ3n) is 22.1. The maximum atomic E-state index is 15.7. The number of aliphatic hydroxyl groups is 1. The predicted octanol–water partition coefficient (Wildman–Crippen LogP) is -2.62. The minimum absolute atomic E-state index is 0.000632. The van der Waals surface area contributed by atoms with Crippen LogP contribution in [0.4, 0.5) is 0 Å². The first-order valence-corrected chi connectivity index (χ1v) is 44.3. The third kappa shape index (κ3) is 31.2. The molecule has 3 aromatic heterocycles. The van der Waals surface area contributed by atoms with E-state index in [1.54, 1.807) is 105 Å². The number of aromatic nitrogens is 4. The maximum absolute atomic E-state index is 15.7. The standard InChI is InChI=1S/C87H124N24O18S/c1-11-13-30-68-82(125)101-59(29-22-32-93-87(90)91)77(120)107-67(76(119)96-42-71(89)114)45-130-46-73(116)100-64(34-51-23-16-15-17-24-51)84(127)109(8)50(6)75(118)103-62(38-70(88)113)78(121)98-49(5)74(117)102-61(37-54-41-92-47-97-54)80(123)104-63(33-48(3)4)83(126)108(7)43-72(115)99-60(35-52-39-94-57-27-20-18-25-55(52)57)79(122)106-66(44-112)81(124)105-65(36-53-40-95-58-28-21-19-26-56(53)58)85(128)111(10)69(31-14-12-2)86(129)110(68)9/h15-21,23-28,39-41,47-50,59-69,94-95,112H,11-14,22,29-38,42-46H2,1-10H3,(H2,88,113)(H2,89,114)(H,92,97)(H,96,119)(H,98,121)(H,99,115)(H,100,116)(H,101,125)(H,102,117)(H,103,118)(H,104,123)(H,105,124)(H,106,122)(H,107,120)(H4,90,91,93)/t49-,50-,59-,60-,61-,62-,63-,64-,65-,66-,67-,68-,69-/m0/s1. The molecular formula is C87H124N24O18S. The van der Waals surface area contributed by atoms with Crippen LogP contribution in [0.1, 0.15) is 128 Å². The first-order chi connectivity index (χ1) is 61.8. The van der Waals surface area contributed by atoms with Crippen molar-refractivity contribution >= 4 is 140 Å². The van der Waals surface area contributed by atoms with Gasteiger partial charge in [-0.2, -0.15) is 0 Å². The second-order valence-corrected chi connectivity index (χ2v) is 33.7. The van der Waals surface area contributed by atoms with Gasteiger partial charge in [-0.05, 0) is 80.7 Å². The zero-order valence-electron chi connectivity index (χ0n) is 74.8. The molecule has 0 saturated carbocycles. The van der Waals surface area contributed by atoms with E-state index in [0.29, 0.717) is 69.9 Å². The first kappa shape index (κ1) is 104. The number of aromatic amines is 3. The zero-order chi connectivity index (χ0) is 95.6. The summed E-state index contributed by atoms with van der Waals surface area (Å²) in [6.45, 7) is 7.16. The largest absolute Gasteiger partial charge is 0.394 e. The second-order valence-electron chi connectivity index (χ2n) is 32.7. The van der Waals surface area contributed by atoms with Gasteiger partial charge in [0.2, 0.25) is 100 Å². The quantitative estimate of drug-likeness (QED) is 0.0150. The van der Waals surface area contributed by atoms with E-state index in [9.17, 15) is 62.6 Å². The monoisotopic (exact) mass is 1820 g/mol. The number of para-hydroxylation sites is 2. The Labute approximate surface area is 756 Å². The molecule has 1 saturated heterocycles. The van der Waals surface area contributed by atoms with Gasteiger partial charge in [0, 0.05) is 112 Å². The second kappa shape index (κ2) is 50.9. The van der Waals surface area contributed by atoms with Gasteiger partial charge in [0.25, 0.3) is 0 Å². The van der Waals surface area contributed by atoms with Crippen LogP contribution in [0.3, 0.4) is 0 Å². The molecule has 23 N–H and O–H groups in total. The number of unbranched alkanes of at least 4 members (excludes halogenated alkanes) is 2. The molecular weight excluding hydrogens is 1700 g/mol. The van der Waals surface area contributed by atoms with Crippen molar-refractivity contribution in [2.24, 2.45) is 23.1 Å². The minimum Gasteiger partial charge on any atom is -0.394 e. The molecule has 706 valence electrons.